The topological polar surface area (TPSA) is 180 Å². The highest BCUT2D eigenvalue weighted by Crippen LogP contribution is 2.70. The van der Waals surface area contributed by atoms with Gasteiger partial charge in [0.05, 0.1) is 24.9 Å². The maximum absolute atomic E-state index is 11.1. The van der Waals surface area contributed by atoms with Crippen molar-refractivity contribution in [3.05, 3.63) is 11.6 Å². The van der Waals surface area contributed by atoms with E-state index in [-0.39, 0.29) is 17.2 Å². The number of nitrogens with one attached hydrogen (secondary N) is 1. The number of hydrogen-bond acceptors (Lipinski definition) is 12. The molecule has 0 amide bonds. The second kappa shape index (κ2) is 13.5. The van der Waals surface area contributed by atoms with Gasteiger partial charge < -0.3 is 54.3 Å². The molecule has 51 heavy (non-hydrogen) atoms. The number of aliphatic hydroxyl groups is 6. The molecule has 7 fully saturated rings. The van der Waals surface area contributed by atoms with E-state index < -0.39 is 68.0 Å². The van der Waals surface area contributed by atoms with Crippen LogP contribution in [-0.2, 0) is 23.7 Å². The minimum Gasteiger partial charge on any atom is -0.394 e. The van der Waals surface area contributed by atoms with Crippen LogP contribution in [-0.4, -0.2) is 123 Å². The number of hydrogen-bond donors (Lipinski definition) is 7. The van der Waals surface area contributed by atoms with Crippen LogP contribution < -0.4 is 5.32 Å². The van der Waals surface area contributed by atoms with Gasteiger partial charge in [-0.3, -0.25) is 5.32 Å². The van der Waals surface area contributed by atoms with Crippen LogP contribution in [0.15, 0.2) is 11.6 Å². The third kappa shape index (κ3) is 5.84. The van der Waals surface area contributed by atoms with E-state index in [1.165, 1.54) is 38.2 Å². The van der Waals surface area contributed by atoms with Crippen molar-refractivity contribution in [3.8, 4) is 0 Å². The molecule has 8 unspecified atom stereocenters. The summed E-state index contributed by atoms with van der Waals surface area (Å²) in [5, 5.41) is 67.0. The van der Waals surface area contributed by atoms with E-state index in [0.717, 1.165) is 38.6 Å². The molecule has 7 N–H and O–H groups in total. The Morgan fingerprint density at radius 2 is 1.59 bits per heavy atom. The molecular formula is C39H63NO11. The fourth-order valence-electron chi connectivity index (χ4n) is 12.7. The lowest BCUT2D eigenvalue weighted by Gasteiger charge is -2.59. The summed E-state index contributed by atoms with van der Waals surface area (Å²) < 4.78 is 30.7. The average Bonchev–Trinajstić information content (AvgIpc) is 3.56. The quantitative estimate of drug-likeness (QED) is 0.206. The summed E-state index contributed by atoms with van der Waals surface area (Å²) >= 11 is 0. The molecule has 0 aromatic rings. The lowest BCUT2D eigenvalue weighted by Crippen LogP contribution is -2.64. The van der Waals surface area contributed by atoms with Crippen molar-refractivity contribution in [2.24, 2.45) is 46.3 Å². The zero-order valence-electron chi connectivity index (χ0n) is 31.0. The maximum Gasteiger partial charge on any atom is 0.187 e. The van der Waals surface area contributed by atoms with Crippen LogP contribution in [0.25, 0.3) is 0 Å². The second-order valence-corrected chi connectivity index (χ2v) is 18.4. The van der Waals surface area contributed by atoms with E-state index in [1.54, 1.807) is 0 Å². The van der Waals surface area contributed by atoms with Crippen LogP contribution in [0.2, 0.25) is 0 Å². The van der Waals surface area contributed by atoms with E-state index in [2.05, 4.69) is 39.1 Å². The molecule has 4 heterocycles. The second-order valence-electron chi connectivity index (χ2n) is 18.4. The molecular weight excluding hydrogens is 658 g/mol. The normalized spacial score (nSPS) is 58.4. The standard InChI is InChI=1S/C39H63NO11/c1-18-8-13-39(40-16-18)19(2)28-26(51-39)15-25-23-7-6-21-14-22(9-11-37(21,4)24(23)10-12-38(25,28)5)48-36-33(46)31(44)34(27(17-41)49-36)50-35-32(45)30(43)29(42)20(3)47-35/h6,18-20,22-36,40-46H,7-17H2,1-5H3/t18?,19?,20-,22+,23?,24?,25?,26?,27-,28?,29+,30-,31+,32-,33-,34-,35+,36-,37+,38+,39?/m1/s1. The van der Waals surface area contributed by atoms with Crippen molar-refractivity contribution in [2.45, 2.75) is 172 Å². The number of allylic oxidation sites excluding steroid dienone is 1. The highest BCUT2D eigenvalue weighted by atomic mass is 16.7. The third-order valence-corrected chi connectivity index (χ3v) is 15.8. The summed E-state index contributed by atoms with van der Waals surface area (Å²) in [5.41, 5.74) is 1.66. The van der Waals surface area contributed by atoms with Gasteiger partial charge in [0.25, 0.3) is 0 Å². The summed E-state index contributed by atoms with van der Waals surface area (Å²) in [6.07, 6.45) is -1.11. The van der Waals surface area contributed by atoms with Crippen molar-refractivity contribution < 1.29 is 54.3 Å². The lowest BCUT2D eigenvalue weighted by molar-refractivity contribution is -0.360. The Morgan fingerprint density at radius 1 is 0.843 bits per heavy atom. The molecule has 4 aliphatic carbocycles. The van der Waals surface area contributed by atoms with Crippen LogP contribution >= 0.6 is 0 Å². The molecule has 290 valence electrons. The van der Waals surface area contributed by atoms with Gasteiger partial charge in [-0.2, -0.15) is 0 Å². The highest BCUT2D eigenvalue weighted by Gasteiger charge is 2.68. The number of rotatable bonds is 5. The van der Waals surface area contributed by atoms with Gasteiger partial charge in [0.15, 0.2) is 12.6 Å². The van der Waals surface area contributed by atoms with Gasteiger partial charge in [-0.05, 0) is 105 Å². The predicted octanol–water partition coefficient (Wildman–Crippen LogP) is 1.96. The van der Waals surface area contributed by atoms with Gasteiger partial charge >= 0.3 is 0 Å². The molecule has 4 aliphatic heterocycles. The van der Waals surface area contributed by atoms with Crippen LogP contribution in [0.4, 0.5) is 0 Å². The molecule has 0 bridgehead atoms. The fourth-order valence-corrected chi connectivity index (χ4v) is 12.7. The predicted molar refractivity (Wildman–Crippen MR) is 184 cm³/mol. The highest BCUT2D eigenvalue weighted by molar-refractivity contribution is 5.26. The third-order valence-electron chi connectivity index (χ3n) is 15.8. The molecule has 8 aliphatic rings. The summed E-state index contributed by atoms with van der Waals surface area (Å²) in [6.45, 7) is 11.9. The van der Waals surface area contributed by atoms with E-state index >= 15 is 0 Å². The number of fused-ring (bicyclic) bond motifs is 7. The molecule has 12 nitrogen and oxygen atoms in total. The minimum atomic E-state index is -1.60. The summed E-state index contributed by atoms with van der Waals surface area (Å²) in [4.78, 5) is 0. The molecule has 12 heteroatoms. The van der Waals surface area contributed by atoms with Crippen molar-refractivity contribution in [2.75, 3.05) is 13.2 Å². The van der Waals surface area contributed by atoms with Crippen LogP contribution in [0.5, 0.6) is 0 Å². The van der Waals surface area contributed by atoms with Gasteiger partial charge in [0.2, 0.25) is 0 Å². The lowest BCUT2D eigenvalue weighted by atomic mass is 9.47. The van der Waals surface area contributed by atoms with Gasteiger partial charge in [-0.15, -0.1) is 0 Å². The van der Waals surface area contributed by atoms with Gasteiger partial charge in [0.1, 0.15) is 48.5 Å². The van der Waals surface area contributed by atoms with Gasteiger partial charge in [-0.1, -0.05) is 39.3 Å². The van der Waals surface area contributed by atoms with Crippen molar-refractivity contribution in [1.82, 2.24) is 5.32 Å². The maximum atomic E-state index is 11.1. The summed E-state index contributed by atoms with van der Waals surface area (Å²) in [7, 11) is 0. The first-order valence-corrected chi connectivity index (χ1v) is 20.0. The zero-order valence-corrected chi connectivity index (χ0v) is 31.0. The molecule has 3 saturated carbocycles. The first kappa shape index (κ1) is 37.2. The molecule has 1 spiro atoms. The van der Waals surface area contributed by atoms with E-state index in [4.69, 9.17) is 23.7 Å². The summed E-state index contributed by atoms with van der Waals surface area (Å²) in [6, 6.07) is 0. The molecule has 4 saturated heterocycles. The SMILES string of the molecule is CC1CCC2(NC1)OC1CC3C4CC=C5C[C@@H](O[C@@H]6O[C@H](CO)[C@@H](O[C@@H]7O[C@H](C)[C@H](O)[C@@H](O)[C@H]7O)[C@@H](O)[C@H]6O)CC[C@]5(C)C4CC[C@]3(C)C1C2C. The average molecular weight is 722 g/mol. The molecule has 8 rings (SSSR count). The number of aliphatic hydroxyl groups excluding tert-OH is 6. The first-order chi connectivity index (χ1) is 24.2. The van der Waals surface area contributed by atoms with Crippen molar-refractivity contribution >= 4 is 0 Å². The first-order valence-electron chi connectivity index (χ1n) is 20.0. The van der Waals surface area contributed by atoms with Crippen LogP contribution in [0.1, 0.15) is 92.4 Å². The Kier molecular flexibility index (Phi) is 9.83. The Hall–Kier alpha value is -0.740. The summed E-state index contributed by atoms with van der Waals surface area (Å²) in [5.74, 6) is 3.74. The van der Waals surface area contributed by atoms with E-state index in [0.29, 0.717) is 47.0 Å². The zero-order chi connectivity index (χ0) is 36.2. The molecule has 21 atom stereocenters. The Labute approximate surface area is 302 Å². The Bertz CT molecular complexity index is 1310. The van der Waals surface area contributed by atoms with Gasteiger partial charge in [-0.25, -0.2) is 0 Å². The van der Waals surface area contributed by atoms with Crippen molar-refractivity contribution in [3.63, 3.8) is 0 Å². The van der Waals surface area contributed by atoms with Gasteiger partial charge in [0, 0.05) is 12.5 Å². The Balaban J connectivity index is 0.915. The largest absolute Gasteiger partial charge is 0.394 e. The van der Waals surface area contributed by atoms with Crippen molar-refractivity contribution in [1.29, 1.82) is 0 Å². The molecule has 0 aromatic heterocycles. The fraction of sp³-hybridized carbons (Fsp3) is 0.949. The smallest absolute Gasteiger partial charge is 0.187 e. The van der Waals surface area contributed by atoms with Crippen LogP contribution in [0.3, 0.4) is 0 Å². The molecule has 0 aromatic carbocycles. The number of ether oxygens (including phenoxy) is 5. The Morgan fingerprint density at radius 3 is 2.31 bits per heavy atom. The monoisotopic (exact) mass is 721 g/mol. The van der Waals surface area contributed by atoms with E-state index in [1.807, 2.05) is 0 Å². The minimum absolute atomic E-state index is 0.0881. The number of piperidine rings is 1. The molecule has 0 radical (unpaired) electrons. The van der Waals surface area contributed by atoms with Crippen LogP contribution in [0, 0.1) is 46.3 Å². The van der Waals surface area contributed by atoms with E-state index in [9.17, 15) is 30.6 Å².